The molecule has 0 heterocycles. The van der Waals surface area contributed by atoms with Crippen LogP contribution in [0.15, 0.2) is 24.3 Å². The molecule has 0 spiro atoms. The summed E-state index contributed by atoms with van der Waals surface area (Å²) >= 11 is 1.99. The first-order valence-electron chi connectivity index (χ1n) is 6.58. The van der Waals surface area contributed by atoms with Crippen LogP contribution >= 0.6 is 11.8 Å². The molecule has 98 valence electrons. The summed E-state index contributed by atoms with van der Waals surface area (Å²) in [7, 11) is 0. The van der Waals surface area contributed by atoms with E-state index in [1.165, 1.54) is 23.3 Å². The van der Waals surface area contributed by atoms with Crippen molar-refractivity contribution in [3.8, 4) is 6.07 Å². The molecule has 18 heavy (non-hydrogen) atoms. The molecule has 0 saturated heterocycles. The quantitative estimate of drug-likeness (QED) is 0.648. The van der Waals surface area contributed by atoms with Gasteiger partial charge in [-0.15, -0.1) is 0 Å². The monoisotopic (exact) mass is 261 g/mol. The molecule has 0 N–H and O–H groups in total. The summed E-state index contributed by atoms with van der Waals surface area (Å²) in [5, 5.41) is 8.92. The summed E-state index contributed by atoms with van der Waals surface area (Å²) in [4.78, 5) is 0. The number of rotatable bonds is 7. The van der Waals surface area contributed by atoms with E-state index in [2.05, 4.69) is 37.3 Å². The molecule has 1 rings (SSSR count). The van der Waals surface area contributed by atoms with E-state index in [0.29, 0.717) is 0 Å². The lowest BCUT2D eigenvalue weighted by molar-refractivity contribution is 0.433. The lowest BCUT2D eigenvalue weighted by Gasteiger charge is -2.14. The fourth-order valence-corrected chi connectivity index (χ4v) is 2.79. The van der Waals surface area contributed by atoms with Crippen molar-refractivity contribution >= 4 is 11.8 Å². The van der Waals surface area contributed by atoms with Gasteiger partial charge in [-0.3, -0.25) is 0 Å². The number of nitriles is 1. The molecule has 1 aromatic rings. The van der Waals surface area contributed by atoms with Crippen molar-refractivity contribution in [3.63, 3.8) is 0 Å². The Morgan fingerprint density at radius 3 is 2.72 bits per heavy atom. The second-order valence-electron chi connectivity index (χ2n) is 5.49. The molecule has 0 atom stereocenters. The summed E-state index contributed by atoms with van der Waals surface area (Å²) in [6.07, 6.45) is 3.37. The maximum atomic E-state index is 8.92. The molecule has 0 aliphatic carbocycles. The van der Waals surface area contributed by atoms with Crippen molar-refractivity contribution in [3.05, 3.63) is 35.4 Å². The highest BCUT2D eigenvalue weighted by molar-refractivity contribution is 7.98. The second-order valence-corrected chi connectivity index (χ2v) is 6.60. The van der Waals surface area contributed by atoms with Gasteiger partial charge in [0.15, 0.2) is 0 Å². The van der Waals surface area contributed by atoms with Gasteiger partial charge in [0.2, 0.25) is 0 Å². The number of hydrogen-bond donors (Lipinski definition) is 0. The Labute approximate surface area is 116 Å². The Balaban J connectivity index is 2.11. The zero-order chi connectivity index (χ0) is 13.4. The van der Waals surface area contributed by atoms with E-state index < -0.39 is 0 Å². The normalized spacial score (nSPS) is 11.2. The Hall–Kier alpha value is -0.940. The fraction of sp³-hybridized carbons (Fsp3) is 0.562. The molecule has 0 amide bonds. The molecule has 2 heteroatoms. The predicted molar refractivity (Wildman–Crippen MR) is 80.6 cm³/mol. The number of benzene rings is 1. The van der Waals surface area contributed by atoms with Gasteiger partial charge in [0.05, 0.1) is 11.5 Å². The molecule has 0 aliphatic rings. The minimum Gasteiger partial charge on any atom is -0.198 e. The van der Waals surface area contributed by atoms with Crippen LogP contribution in [0.25, 0.3) is 0 Å². The van der Waals surface area contributed by atoms with Gasteiger partial charge in [0.25, 0.3) is 0 Å². The predicted octanol–water partition coefficient (Wildman–Crippen LogP) is 4.95. The fourth-order valence-electron chi connectivity index (χ4n) is 1.82. The van der Waals surface area contributed by atoms with Crippen LogP contribution in [-0.4, -0.2) is 5.75 Å². The standard InChI is InChI=1S/C16H23NS/c1-14-7-6-8-15(11-14)12-18-10-5-4-9-16(2,3)13-17/h6-8,11H,4-5,9-10,12H2,1-3H3. The molecular weight excluding hydrogens is 238 g/mol. The van der Waals surface area contributed by atoms with Crippen molar-refractivity contribution < 1.29 is 0 Å². The number of hydrogen-bond acceptors (Lipinski definition) is 2. The third kappa shape index (κ3) is 6.12. The number of thioether (sulfide) groups is 1. The molecule has 0 aromatic heterocycles. The van der Waals surface area contributed by atoms with Crippen LogP contribution in [0.5, 0.6) is 0 Å². The van der Waals surface area contributed by atoms with Crippen molar-refractivity contribution in [2.75, 3.05) is 5.75 Å². The van der Waals surface area contributed by atoms with Crippen LogP contribution in [0.1, 0.15) is 44.2 Å². The largest absolute Gasteiger partial charge is 0.198 e. The molecule has 0 radical (unpaired) electrons. The third-order valence-electron chi connectivity index (χ3n) is 2.99. The van der Waals surface area contributed by atoms with E-state index in [9.17, 15) is 0 Å². The van der Waals surface area contributed by atoms with Crippen molar-refractivity contribution in [2.24, 2.45) is 5.41 Å². The van der Waals surface area contributed by atoms with Gasteiger partial charge < -0.3 is 0 Å². The summed E-state index contributed by atoms with van der Waals surface area (Å²) in [6.45, 7) is 6.18. The highest BCUT2D eigenvalue weighted by Crippen LogP contribution is 2.23. The van der Waals surface area contributed by atoms with Gasteiger partial charge >= 0.3 is 0 Å². The van der Waals surface area contributed by atoms with Crippen LogP contribution in [0.2, 0.25) is 0 Å². The lowest BCUT2D eigenvalue weighted by atomic mass is 9.89. The van der Waals surface area contributed by atoms with E-state index in [0.717, 1.165) is 18.6 Å². The number of unbranched alkanes of at least 4 members (excludes halogenated alkanes) is 1. The number of aryl methyl sites for hydroxylation is 1. The van der Waals surface area contributed by atoms with Crippen LogP contribution in [0, 0.1) is 23.7 Å². The van der Waals surface area contributed by atoms with Gasteiger partial charge in [0.1, 0.15) is 0 Å². The Kier molecular flexibility index (Phi) is 6.29. The van der Waals surface area contributed by atoms with E-state index in [-0.39, 0.29) is 5.41 Å². The topological polar surface area (TPSA) is 23.8 Å². The van der Waals surface area contributed by atoms with Gasteiger partial charge in [-0.1, -0.05) is 36.2 Å². The summed E-state index contributed by atoms with van der Waals surface area (Å²) in [6, 6.07) is 11.1. The van der Waals surface area contributed by atoms with E-state index in [4.69, 9.17) is 5.26 Å². The zero-order valence-electron chi connectivity index (χ0n) is 11.7. The minimum absolute atomic E-state index is 0.152. The minimum atomic E-state index is -0.152. The van der Waals surface area contributed by atoms with Gasteiger partial charge in [-0.2, -0.15) is 17.0 Å². The van der Waals surface area contributed by atoms with E-state index >= 15 is 0 Å². The SMILES string of the molecule is Cc1cccc(CSCCCCC(C)(C)C#N)c1. The van der Waals surface area contributed by atoms with Gasteiger partial charge in [-0.25, -0.2) is 0 Å². The first kappa shape index (κ1) is 15.1. The second kappa shape index (κ2) is 7.48. The molecule has 1 nitrogen and oxygen atoms in total. The van der Waals surface area contributed by atoms with Crippen molar-refractivity contribution in [2.45, 2.75) is 45.8 Å². The maximum absolute atomic E-state index is 8.92. The molecule has 1 aromatic carbocycles. The Morgan fingerprint density at radius 2 is 2.06 bits per heavy atom. The van der Waals surface area contributed by atoms with Crippen molar-refractivity contribution in [1.29, 1.82) is 5.26 Å². The van der Waals surface area contributed by atoms with Crippen LogP contribution in [0.3, 0.4) is 0 Å². The molecule has 0 fully saturated rings. The average molecular weight is 261 g/mol. The number of nitrogens with zero attached hydrogens (tertiary/aromatic N) is 1. The smallest absolute Gasteiger partial charge is 0.0683 e. The van der Waals surface area contributed by atoms with Crippen molar-refractivity contribution in [1.82, 2.24) is 0 Å². The molecule has 0 unspecified atom stereocenters. The van der Waals surface area contributed by atoms with E-state index in [1.54, 1.807) is 0 Å². The summed E-state index contributed by atoms with van der Waals surface area (Å²) < 4.78 is 0. The Morgan fingerprint density at radius 1 is 1.28 bits per heavy atom. The Bertz CT molecular complexity index is 404. The molecule has 0 aliphatic heterocycles. The first-order chi connectivity index (χ1) is 8.53. The first-order valence-corrected chi connectivity index (χ1v) is 7.73. The third-order valence-corrected chi connectivity index (χ3v) is 4.11. The molecular formula is C16H23NS. The zero-order valence-corrected chi connectivity index (χ0v) is 12.5. The van der Waals surface area contributed by atoms with E-state index in [1.807, 2.05) is 25.6 Å². The van der Waals surface area contributed by atoms with Crippen LogP contribution < -0.4 is 0 Å². The highest BCUT2D eigenvalue weighted by Gasteiger charge is 2.15. The lowest BCUT2D eigenvalue weighted by Crippen LogP contribution is -2.07. The average Bonchev–Trinajstić information content (AvgIpc) is 2.34. The van der Waals surface area contributed by atoms with Gasteiger partial charge in [-0.05, 0) is 44.9 Å². The van der Waals surface area contributed by atoms with Gasteiger partial charge in [0, 0.05) is 5.75 Å². The summed E-state index contributed by atoms with van der Waals surface area (Å²) in [5.41, 5.74) is 2.60. The highest BCUT2D eigenvalue weighted by atomic mass is 32.2. The summed E-state index contributed by atoms with van der Waals surface area (Å²) in [5.74, 6) is 2.29. The van der Waals surface area contributed by atoms with Crippen LogP contribution in [-0.2, 0) is 5.75 Å². The molecule has 0 bridgehead atoms. The molecule has 0 saturated carbocycles. The maximum Gasteiger partial charge on any atom is 0.0683 e. The van der Waals surface area contributed by atoms with Crippen LogP contribution in [0.4, 0.5) is 0 Å².